The third-order valence-corrected chi connectivity index (χ3v) is 4.44. The van der Waals surface area contributed by atoms with E-state index in [9.17, 15) is 9.59 Å². The van der Waals surface area contributed by atoms with E-state index in [1.165, 1.54) is 10.6 Å². The van der Waals surface area contributed by atoms with E-state index in [0.717, 1.165) is 28.6 Å². The van der Waals surface area contributed by atoms with Gasteiger partial charge in [-0.2, -0.15) is 0 Å². The minimum atomic E-state index is -0.0631. The smallest absolute Gasteiger partial charge is 0.259 e. The molecule has 0 aliphatic heterocycles. The first-order valence-corrected chi connectivity index (χ1v) is 8.28. The number of rotatable bonds is 3. The molecule has 0 spiro atoms. The van der Waals surface area contributed by atoms with E-state index in [0.29, 0.717) is 5.39 Å². The van der Waals surface area contributed by atoms with Gasteiger partial charge in [0.1, 0.15) is 0 Å². The molecule has 4 nitrogen and oxygen atoms in total. The first kappa shape index (κ1) is 16.2. The molecule has 4 heteroatoms. The molecule has 1 aromatic carbocycles. The topological polar surface area (TPSA) is 44.0 Å². The van der Waals surface area contributed by atoms with Gasteiger partial charge in [-0.05, 0) is 48.9 Å². The fourth-order valence-corrected chi connectivity index (χ4v) is 3.26. The van der Waals surface area contributed by atoms with E-state index in [4.69, 9.17) is 0 Å². The molecular weight excluding hydrogens is 300 g/mol. The van der Waals surface area contributed by atoms with Gasteiger partial charge in [-0.1, -0.05) is 25.1 Å². The second-order valence-corrected chi connectivity index (χ2v) is 6.39. The maximum absolute atomic E-state index is 13.2. The molecule has 0 saturated carbocycles. The average Bonchev–Trinajstić information content (AvgIpc) is 2.56. The highest BCUT2D eigenvalue weighted by Crippen LogP contribution is 2.27. The zero-order valence-corrected chi connectivity index (χ0v) is 14.5. The number of hydrogen-bond donors (Lipinski definition) is 0. The van der Waals surface area contributed by atoms with E-state index in [-0.39, 0.29) is 17.2 Å². The predicted octanol–water partition coefficient (Wildman–Crippen LogP) is 3.51. The Morgan fingerprint density at radius 2 is 1.83 bits per heavy atom. The van der Waals surface area contributed by atoms with Crippen LogP contribution in [0, 0.1) is 0 Å². The van der Waals surface area contributed by atoms with Crippen LogP contribution in [0.15, 0.2) is 52.2 Å². The molecule has 0 N–H and O–H groups in total. The summed E-state index contributed by atoms with van der Waals surface area (Å²) in [6.07, 6.45) is 2.59. The van der Waals surface area contributed by atoms with Crippen LogP contribution in [0.25, 0.3) is 21.9 Å². The standard InChI is InChI=1S/C20H22N2O2/c1-5-16-11-14-7-6-8-17(15-9-10-18(23)21(4)12-15)19(14)20(24)22(16)13(2)3/h6-13H,5H2,1-4H3. The minimum absolute atomic E-state index is 0.0313. The van der Waals surface area contributed by atoms with Crippen LogP contribution < -0.4 is 11.1 Å². The maximum Gasteiger partial charge on any atom is 0.259 e. The van der Waals surface area contributed by atoms with Crippen molar-refractivity contribution < 1.29 is 0 Å². The third kappa shape index (κ3) is 2.58. The van der Waals surface area contributed by atoms with Gasteiger partial charge in [0, 0.05) is 31.0 Å². The largest absolute Gasteiger partial charge is 0.318 e. The van der Waals surface area contributed by atoms with E-state index >= 15 is 0 Å². The van der Waals surface area contributed by atoms with Crippen molar-refractivity contribution in [1.82, 2.24) is 9.13 Å². The minimum Gasteiger partial charge on any atom is -0.318 e. The molecule has 0 fully saturated rings. The predicted molar refractivity (Wildman–Crippen MR) is 98.6 cm³/mol. The molecule has 0 saturated heterocycles. The Bertz CT molecular complexity index is 1030. The molecule has 124 valence electrons. The fraction of sp³-hybridized carbons (Fsp3) is 0.300. The molecule has 3 aromatic rings. The molecule has 0 aliphatic carbocycles. The van der Waals surface area contributed by atoms with Gasteiger partial charge in [0.05, 0.1) is 5.39 Å². The SMILES string of the molecule is CCc1cc2cccc(-c3ccc(=O)n(C)c3)c2c(=O)n1C(C)C. The summed E-state index contributed by atoms with van der Waals surface area (Å²) in [6.45, 7) is 6.12. The van der Waals surface area contributed by atoms with Crippen molar-refractivity contribution >= 4 is 10.8 Å². The lowest BCUT2D eigenvalue weighted by molar-refractivity contribution is 0.557. The number of nitrogens with zero attached hydrogens (tertiary/aromatic N) is 2. The summed E-state index contributed by atoms with van der Waals surface area (Å²) in [5.41, 5.74) is 2.75. The Morgan fingerprint density at radius 3 is 2.46 bits per heavy atom. The van der Waals surface area contributed by atoms with Gasteiger partial charge in [0.15, 0.2) is 0 Å². The maximum atomic E-state index is 13.2. The summed E-state index contributed by atoms with van der Waals surface area (Å²) < 4.78 is 3.41. The highest BCUT2D eigenvalue weighted by Gasteiger charge is 2.14. The summed E-state index contributed by atoms with van der Waals surface area (Å²) in [7, 11) is 1.72. The fourth-order valence-electron chi connectivity index (χ4n) is 3.26. The highest BCUT2D eigenvalue weighted by molar-refractivity contribution is 5.96. The molecule has 0 bridgehead atoms. The average molecular weight is 322 g/mol. The molecule has 0 radical (unpaired) electrons. The van der Waals surface area contributed by atoms with Crippen molar-refractivity contribution in [3.8, 4) is 11.1 Å². The molecule has 3 rings (SSSR count). The molecule has 2 aromatic heterocycles. The molecule has 0 atom stereocenters. The normalized spacial score (nSPS) is 11.4. The van der Waals surface area contributed by atoms with Gasteiger partial charge in [-0.3, -0.25) is 9.59 Å². The van der Waals surface area contributed by atoms with Gasteiger partial charge < -0.3 is 9.13 Å². The zero-order chi connectivity index (χ0) is 17.4. The van der Waals surface area contributed by atoms with Crippen molar-refractivity contribution in [2.45, 2.75) is 33.2 Å². The molecule has 0 unspecified atom stereocenters. The molecule has 0 amide bonds. The van der Waals surface area contributed by atoms with Crippen LogP contribution in [0.5, 0.6) is 0 Å². The summed E-state index contributed by atoms with van der Waals surface area (Å²) >= 11 is 0. The van der Waals surface area contributed by atoms with Gasteiger partial charge >= 0.3 is 0 Å². The summed E-state index contributed by atoms with van der Waals surface area (Å²) in [5, 5.41) is 1.65. The van der Waals surface area contributed by atoms with Gasteiger partial charge in [-0.25, -0.2) is 0 Å². The summed E-state index contributed by atoms with van der Waals surface area (Å²) in [6, 6.07) is 11.4. The van der Waals surface area contributed by atoms with E-state index in [2.05, 4.69) is 13.0 Å². The Hall–Kier alpha value is -2.62. The number of fused-ring (bicyclic) bond motifs is 1. The lowest BCUT2D eigenvalue weighted by Gasteiger charge is -2.18. The lowest BCUT2D eigenvalue weighted by Crippen LogP contribution is -2.25. The third-order valence-electron chi connectivity index (χ3n) is 4.44. The molecule has 24 heavy (non-hydrogen) atoms. The number of aryl methyl sites for hydroxylation is 2. The van der Waals surface area contributed by atoms with Gasteiger partial charge in [0.25, 0.3) is 5.56 Å². The number of benzene rings is 1. The molecule has 2 heterocycles. The van der Waals surface area contributed by atoms with Crippen LogP contribution in [0.3, 0.4) is 0 Å². The van der Waals surface area contributed by atoms with Gasteiger partial charge in [0.2, 0.25) is 5.56 Å². The Balaban J connectivity index is 2.42. The first-order valence-electron chi connectivity index (χ1n) is 8.28. The number of aromatic nitrogens is 2. The van der Waals surface area contributed by atoms with Crippen LogP contribution in [0.1, 0.15) is 32.5 Å². The number of hydrogen-bond acceptors (Lipinski definition) is 2. The molecule has 0 aliphatic rings. The van der Waals surface area contributed by atoms with Gasteiger partial charge in [-0.15, -0.1) is 0 Å². The van der Waals surface area contributed by atoms with Crippen molar-refractivity contribution in [2.24, 2.45) is 7.05 Å². The van der Waals surface area contributed by atoms with Crippen LogP contribution in [0.2, 0.25) is 0 Å². The van der Waals surface area contributed by atoms with Crippen LogP contribution in [0.4, 0.5) is 0 Å². The van der Waals surface area contributed by atoms with Crippen LogP contribution in [-0.2, 0) is 13.5 Å². The van der Waals surface area contributed by atoms with E-state index in [1.807, 2.05) is 36.6 Å². The monoisotopic (exact) mass is 322 g/mol. The molecular formula is C20H22N2O2. The van der Waals surface area contributed by atoms with Crippen LogP contribution >= 0.6 is 0 Å². The van der Waals surface area contributed by atoms with E-state index in [1.54, 1.807) is 19.3 Å². The van der Waals surface area contributed by atoms with E-state index < -0.39 is 0 Å². The highest BCUT2D eigenvalue weighted by atomic mass is 16.1. The first-order chi connectivity index (χ1) is 11.4. The van der Waals surface area contributed by atoms with Crippen molar-refractivity contribution in [2.75, 3.05) is 0 Å². The Kier molecular flexibility index (Phi) is 4.14. The van der Waals surface area contributed by atoms with Crippen molar-refractivity contribution in [3.63, 3.8) is 0 Å². The summed E-state index contributed by atoms with van der Waals surface area (Å²) in [5.74, 6) is 0. The quantitative estimate of drug-likeness (QED) is 0.740. The lowest BCUT2D eigenvalue weighted by atomic mass is 9.99. The van der Waals surface area contributed by atoms with Crippen LogP contribution in [-0.4, -0.2) is 9.13 Å². The second kappa shape index (κ2) is 6.11. The summed E-state index contributed by atoms with van der Waals surface area (Å²) in [4.78, 5) is 24.8. The van der Waals surface area contributed by atoms with Crippen molar-refractivity contribution in [3.05, 3.63) is 69.0 Å². The second-order valence-electron chi connectivity index (χ2n) is 6.39. The Morgan fingerprint density at radius 1 is 1.08 bits per heavy atom. The Labute approximate surface area is 141 Å². The number of pyridine rings is 2. The van der Waals surface area contributed by atoms with Crippen molar-refractivity contribution in [1.29, 1.82) is 0 Å². The zero-order valence-electron chi connectivity index (χ0n) is 14.5.